The lowest BCUT2D eigenvalue weighted by molar-refractivity contribution is 0.194. The standard InChI is InChI=1S/C8H10N2O2/c1-6-2-3-7(9-4-6)5-10-8(11)12/h2-4,10H,5H2,1H3,(H,11,12). The third-order valence-electron chi connectivity index (χ3n) is 1.39. The zero-order valence-corrected chi connectivity index (χ0v) is 6.74. The summed E-state index contributed by atoms with van der Waals surface area (Å²) in [5.74, 6) is 0. The average Bonchev–Trinajstić information content (AvgIpc) is 2.03. The van der Waals surface area contributed by atoms with Gasteiger partial charge in [0.05, 0.1) is 12.2 Å². The minimum atomic E-state index is -1.03. The summed E-state index contributed by atoms with van der Waals surface area (Å²) in [6.07, 6.45) is 0.677. The zero-order chi connectivity index (χ0) is 8.97. The number of nitrogens with one attached hydrogen (secondary N) is 1. The Hall–Kier alpha value is -1.58. The van der Waals surface area contributed by atoms with Gasteiger partial charge in [0.1, 0.15) is 0 Å². The molecule has 0 spiro atoms. The number of carbonyl (C=O) groups is 1. The van der Waals surface area contributed by atoms with Crippen LogP contribution in [-0.4, -0.2) is 16.2 Å². The van der Waals surface area contributed by atoms with Crippen LogP contribution in [0.5, 0.6) is 0 Å². The molecule has 0 saturated carbocycles. The molecule has 0 fully saturated rings. The Labute approximate surface area is 70.3 Å². The van der Waals surface area contributed by atoms with Gasteiger partial charge in [0.15, 0.2) is 0 Å². The first-order valence-corrected chi connectivity index (χ1v) is 3.57. The highest BCUT2D eigenvalue weighted by Crippen LogP contribution is 1.97. The van der Waals surface area contributed by atoms with Gasteiger partial charge < -0.3 is 10.4 Å². The molecule has 4 heteroatoms. The fraction of sp³-hybridized carbons (Fsp3) is 0.250. The topological polar surface area (TPSA) is 62.2 Å². The van der Waals surface area contributed by atoms with Gasteiger partial charge in [-0.2, -0.15) is 0 Å². The number of hydrogen-bond acceptors (Lipinski definition) is 2. The van der Waals surface area contributed by atoms with Gasteiger partial charge in [-0.25, -0.2) is 4.79 Å². The highest BCUT2D eigenvalue weighted by molar-refractivity contribution is 5.64. The van der Waals surface area contributed by atoms with E-state index in [0.29, 0.717) is 0 Å². The van der Waals surface area contributed by atoms with Crippen molar-refractivity contribution in [2.24, 2.45) is 0 Å². The molecule has 0 unspecified atom stereocenters. The van der Waals surface area contributed by atoms with Gasteiger partial charge in [-0.15, -0.1) is 0 Å². The largest absolute Gasteiger partial charge is 0.465 e. The predicted octanol–water partition coefficient (Wildman–Crippen LogP) is 1.16. The Morgan fingerprint density at radius 3 is 2.92 bits per heavy atom. The molecule has 1 heterocycles. The molecule has 2 N–H and O–H groups in total. The summed E-state index contributed by atoms with van der Waals surface area (Å²) in [6, 6.07) is 3.69. The number of aromatic nitrogens is 1. The van der Waals surface area contributed by atoms with Crippen molar-refractivity contribution in [2.75, 3.05) is 0 Å². The van der Waals surface area contributed by atoms with Crippen molar-refractivity contribution in [3.63, 3.8) is 0 Å². The smallest absolute Gasteiger partial charge is 0.404 e. The van der Waals surface area contributed by atoms with Gasteiger partial charge >= 0.3 is 6.09 Å². The van der Waals surface area contributed by atoms with Gasteiger partial charge in [0.2, 0.25) is 0 Å². The van der Waals surface area contributed by atoms with Gasteiger partial charge in [0, 0.05) is 6.20 Å². The van der Waals surface area contributed by atoms with E-state index in [1.165, 1.54) is 0 Å². The van der Waals surface area contributed by atoms with Crippen LogP contribution in [0.2, 0.25) is 0 Å². The molecule has 0 radical (unpaired) electrons. The first kappa shape index (κ1) is 8.52. The summed E-state index contributed by atoms with van der Waals surface area (Å²) >= 11 is 0. The molecular weight excluding hydrogens is 156 g/mol. The molecule has 12 heavy (non-hydrogen) atoms. The molecule has 64 valence electrons. The van der Waals surface area contributed by atoms with Crippen molar-refractivity contribution in [1.29, 1.82) is 0 Å². The average molecular weight is 166 g/mol. The van der Waals surface area contributed by atoms with Crippen molar-refractivity contribution in [2.45, 2.75) is 13.5 Å². The second-order valence-electron chi connectivity index (χ2n) is 2.49. The maximum absolute atomic E-state index is 10.1. The summed E-state index contributed by atoms with van der Waals surface area (Å²) in [7, 11) is 0. The van der Waals surface area contributed by atoms with E-state index >= 15 is 0 Å². The number of nitrogens with zero attached hydrogens (tertiary/aromatic N) is 1. The number of carboxylic acid groups (broad SMARTS) is 1. The lowest BCUT2D eigenvalue weighted by atomic mass is 10.3. The second kappa shape index (κ2) is 3.71. The fourth-order valence-electron chi connectivity index (χ4n) is 0.769. The van der Waals surface area contributed by atoms with Crippen molar-refractivity contribution >= 4 is 6.09 Å². The highest BCUT2D eigenvalue weighted by Gasteiger charge is 1.96. The second-order valence-corrected chi connectivity index (χ2v) is 2.49. The monoisotopic (exact) mass is 166 g/mol. The minimum Gasteiger partial charge on any atom is -0.465 e. The molecular formula is C8H10N2O2. The summed E-state index contributed by atoms with van der Waals surface area (Å²) in [6.45, 7) is 2.19. The van der Waals surface area contributed by atoms with Crippen molar-refractivity contribution in [3.8, 4) is 0 Å². The van der Waals surface area contributed by atoms with E-state index in [4.69, 9.17) is 5.11 Å². The van der Waals surface area contributed by atoms with E-state index in [1.54, 1.807) is 12.3 Å². The molecule has 0 aliphatic rings. The van der Waals surface area contributed by atoms with Crippen LogP contribution in [0.3, 0.4) is 0 Å². The number of pyridine rings is 1. The molecule has 0 aliphatic carbocycles. The Kier molecular flexibility index (Phi) is 2.63. The molecule has 4 nitrogen and oxygen atoms in total. The van der Waals surface area contributed by atoms with Crippen LogP contribution in [0.4, 0.5) is 4.79 Å². The third-order valence-corrected chi connectivity index (χ3v) is 1.39. The molecule has 0 bridgehead atoms. The Bertz CT molecular complexity index is 269. The van der Waals surface area contributed by atoms with E-state index in [0.717, 1.165) is 11.3 Å². The van der Waals surface area contributed by atoms with Gasteiger partial charge in [-0.05, 0) is 18.6 Å². The number of amides is 1. The highest BCUT2D eigenvalue weighted by atomic mass is 16.4. The predicted molar refractivity (Wildman–Crippen MR) is 43.8 cm³/mol. The van der Waals surface area contributed by atoms with E-state index in [1.807, 2.05) is 13.0 Å². The first-order valence-electron chi connectivity index (χ1n) is 3.57. The molecule has 1 rings (SSSR count). The fourth-order valence-corrected chi connectivity index (χ4v) is 0.769. The summed E-state index contributed by atoms with van der Waals surface area (Å²) in [5, 5.41) is 10.5. The normalized spacial score (nSPS) is 9.42. The van der Waals surface area contributed by atoms with Crippen LogP contribution in [0, 0.1) is 6.92 Å². The van der Waals surface area contributed by atoms with Gasteiger partial charge in [-0.3, -0.25) is 4.98 Å². The van der Waals surface area contributed by atoms with Crippen LogP contribution >= 0.6 is 0 Å². The lowest BCUT2D eigenvalue weighted by Crippen LogP contribution is -2.20. The number of rotatable bonds is 2. The van der Waals surface area contributed by atoms with Crippen LogP contribution in [0.1, 0.15) is 11.3 Å². The third kappa shape index (κ3) is 2.57. The van der Waals surface area contributed by atoms with E-state index in [2.05, 4.69) is 10.3 Å². The molecule has 1 aromatic heterocycles. The maximum Gasteiger partial charge on any atom is 0.404 e. The first-order chi connectivity index (χ1) is 5.68. The van der Waals surface area contributed by atoms with Crippen LogP contribution in [0.25, 0.3) is 0 Å². The number of aryl methyl sites for hydroxylation is 1. The van der Waals surface area contributed by atoms with E-state index in [9.17, 15) is 4.79 Å². The SMILES string of the molecule is Cc1ccc(CNC(=O)O)nc1. The summed E-state index contributed by atoms with van der Waals surface area (Å²) in [5.41, 5.74) is 1.79. The molecule has 1 amide bonds. The lowest BCUT2D eigenvalue weighted by Gasteiger charge is -1.99. The summed E-state index contributed by atoms with van der Waals surface area (Å²) in [4.78, 5) is 14.1. The summed E-state index contributed by atoms with van der Waals surface area (Å²) < 4.78 is 0. The van der Waals surface area contributed by atoms with E-state index < -0.39 is 6.09 Å². The van der Waals surface area contributed by atoms with Crippen molar-refractivity contribution in [3.05, 3.63) is 29.6 Å². The molecule has 1 aromatic rings. The Morgan fingerprint density at radius 2 is 2.42 bits per heavy atom. The Morgan fingerprint density at radius 1 is 1.67 bits per heavy atom. The molecule has 0 saturated heterocycles. The van der Waals surface area contributed by atoms with Crippen LogP contribution in [-0.2, 0) is 6.54 Å². The van der Waals surface area contributed by atoms with Crippen LogP contribution in [0.15, 0.2) is 18.3 Å². The van der Waals surface area contributed by atoms with E-state index in [-0.39, 0.29) is 6.54 Å². The Balaban J connectivity index is 2.53. The van der Waals surface area contributed by atoms with Gasteiger partial charge in [0.25, 0.3) is 0 Å². The molecule has 0 aliphatic heterocycles. The van der Waals surface area contributed by atoms with Crippen LogP contribution < -0.4 is 5.32 Å². The van der Waals surface area contributed by atoms with Crippen molar-refractivity contribution in [1.82, 2.24) is 10.3 Å². The van der Waals surface area contributed by atoms with Gasteiger partial charge in [-0.1, -0.05) is 6.07 Å². The number of hydrogen-bond donors (Lipinski definition) is 2. The zero-order valence-electron chi connectivity index (χ0n) is 6.74. The molecule has 0 atom stereocenters. The minimum absolute atomic E-state index is 0.260. The molecule has 0 aromatic carbocycles. The maximum atomic E-state index is 10.1. The quantitative estimate of drug-likeness (QED) is 0.692. The van der Waals surface area contributed by atoms with Crippen molar-refractivity contribution < 1.29 is 9.90 Å².